The van der Waals surface area contributed by atoms with Gasteiger partial charge in [-0.3, -0.25) is 0 Å². The number of ether oxygens (including phenoxy) is 1. The van der Waals surface area contributed by atoms with E-state index in [-0.39, 0.29) is 18.0 Å². The van der Waals surface area contributed by atoms with Gasteiger partial charge >= 0.3 is 6.09 Å². The summed E-state index contributed by atoms with van der Waals surface area (Å²) < 4.78 is 36.3. The minimum Gasteiger partial charge on any atom is -0.444 e. The lowest BCUT2D eigenvalue weighted by atomic mass is 9.95. The molecule has 1 aliphatic rings. The summed E-state index contributed by atoms with van der Waals surface area (Å²) in [5.74, 6) is 0.0370. The van der Waals surface area contributed by atoms with Crippen LogP contribution in [0.3, 0.4) is 0 Å². The van der Waals surface area contributed by atoms with E-state index in [4.69, 9.17) is 4.74 Å². The summed E-state index contributed by atoms with van der Waals surface area (Å²) in [5.41, 5.74) is 0.785. The molecular weight excluding hydrogens is 429 g/mol. The Bertz CT molecular complexity index is 810. The van der Waals surface area contributed by atoms with Gasteiger partial charge < -0.3 is 14.5 Å². The summed E-state index contributed by atoms with van der Waals surface area (Å²) in [7, 11) is -1.29. The lowest BCUT2D eigenvalue weighted by Gasteiger charge is -2.38. The molecule has 2 rings (SSSR count). The van der Waals surface area contributed by atoms with Crippen LogP contribution in [-0.2, 0) is 15.7 Å². The van der Waals surface area contributed by atoms with Crippen LogP contribution in [0.2, 0.25) is 0 Å². The molecule has 0 spiro atoms. The Labute approximate surface area is 195 Å². The second kappa shape index (κ2) is 10.5. The van der Waals surface area contributed by atoms with E-state index in [2.05, 4.69) is 18.6 Å². The van der Waals surface area contributed by atoms with E-state index in [0.717, 1.165) is 12.0 Å². The Morgan fingerprint density at radius 2 is 1.72 bits per heavy atom. The molecule has 6 nitrogen and oxygen atoms in total. The highest BCUT2D eigenvalue weighted by Crippen LogP contribution is 2.34. The number of carbonyl (C=O) groups excluding carboxylic acids is 1. The molecule has 1 aromatic carbocycles. The Balaban J connectivity index is 2.26. The normalized spacial score (nSPS) is 17.4. The summed E-state index contributed by atoms with van der Waals surface area (Å²) in [4.78, 5) is 16.1. The van der Waals surface area contributed by atoms with Crippen molar-refractivity contribution in [3.63, 3.8) is 0 Å². The van der Waals surface area contributed by atoms with Crippen molar-refractivity contribution in [1.29, 1.82) is 0 Å². The van der Waals surface area contributed by atoms with Gasteiger partial charge in [0.15, 0.2) is 0 Å². The molecule has 2 atom stereocenters. The smallest absolute Gasteiger partial charge is 0.410 e. The number of halogens is 1. The second-order valence-corrected chi connectivity index (χ2v) is 12.8. The van der Waals surface area contributed by atoms with Crippen LogP contribution in [0.15, 0.2) is 18.2 Å². The number of hydrogen-bond donors (Lipinski definition) is 1. The van der Waals surface area contributed by atoms with E-state index < -0.39 is 21.3 Å². The highest BCUT2D eigenvalue weighted by molar-refractivity contribution is 7.84. The van der Waals surface area contributed by atoms with Gasteiger partial charge in [-0.2, -0.15) is 0 Å². The van der Waals surface area contributed by atoms with Crippen LogP contribution in [-0.4, -0.2) is 51.7 Å². The third-order valence-electron chi connectivity index (χ3n) is 5.15. The van der Waals surface area contributed by atoms with Gasteiger partial charge in [-0.15, -0.1) is 0 Å². The number of nitrogens with zero attached hydrogens (tertiary/aromatic N) is 2. The van der Waals surface area contributed by atoms with Gasteiger partial charge in [0.25, 0.3) is 0 Å². The highest BCUT2D eigenvalue weighted by atomic mass is 32.2. The predicted molar refractivity (Wildman–Crippen MR) is 130 cm³/mol. The molecule has 1 amide bonds. The van der Waals surface area contributed by atoms with E-state index in [0.29, 0.717) is 37.8 Å². The molecule has 8 heteroatoms. The molecule has 1 N–H and O–H groups in total. The highest BCUT2D eigenvalue weighted by Gasteiger charge is 2.31. The molecule has 1 saturated heterocycles. The number of nitrogens with one attached hydrogen (secondary N) is 1. The molecule has 182 valence electrons. The number of piperazine rings is 1. The fourth-order valence-corrected chi connectivity index (χ4v) is 4.44. The number of anilines is 1. The topological polar surface area (TPSA) is 61.9 Å². The van der Waals surface area contributed by atoms with E-state index in [1.54, 1.807) is 11.0 Å². The maximum absolute atomic E-state index is 15.1. The second-order valence-electron chi connectivity index (χ2n) is 10.8. The van der Waals surface area contributed by atoms with Crippen molar-refractivity contribution in [1.82, 2.24) is 9.62 Å². The first-order chi connectivity index (χ1) is 14.7. The molecule has 0 saturated carbocycles. The fraction of sp³-hybridized carbons (Fsp3) is 0.708. The Hall–Kier alpha value is -1.67. The molecule has 0 radical (unpaired) electrons. The minimum absolute atomic E-state index is 0.246. The lowest BCUT2D eigenvalue weighted by molar-refractivity contribution is 0.0240. The zero-order chi connectivity index (χ0) is 24.3. The molecule has 0 unspecified atom stereocenters. The number of para-hydroxylation sites is 1. The van der Waals surface area contributed by atoms with E-state index in [1.165, 1.54) is 6.07 Å². The third-order valence-corrected chi connectivity index (χ3v) is 6.76. The minimum atomic E-state index is -1.29. The largest absolute Gasteiger partial charge is 0.444 e. The Morgan fingerprint density at radius 1 is 1.12 bits per heavy atom. The molecule has 1 aromatic rings. The standard InChI is InChI=1S/C24H40FN3O3S/c1-17(2)16-20(26-32(30)24(6,7)8)18-10-9-11-19(25)21(18)27-12-14-28(15-13-27)22(29)31-23(3,4)5/h9-11,17,20,26H,12-16H2,1-8H3/t20-,32-/m0/s1. The van der Waals surface area contributed by atoms with E-state index in [9.17, 15) is 9.00 Å². The Kier molecular flexibility index (Phi) is 8.73. The zero-order valence-electron chi connectivity index (χ0n) is 20.8. The molecule has 32 heavy (non-hydrogen) atoms. The van der Waals surface area contributed by atoms with Gasteiger partial charge in [-0.05, 0) is 65.5 Å². The van der Waals surface area contributed by atoms with Crippen LogP contribution >= 0.6 is 0 Å². The van der Waals surface area contributed by atoms with Crippen molar-refractivity contribution in [2.24, 2.45) is 5.92 Å². The van der Waals surface area contributed by atoms with Gasteiger partial charge in [-0.1, -0.05) is 26.0 Å². The van der Waals surface area contributed by atoms with Gasteiger partial charge in [0, 0.05) is 32.2 Å². The number of hydrogen-bond acceptors (Lipinski definition) is 4. The summed E-state index contributed by atoms with van der Waals surface area (Å²) >= 11 is 0. The summed E-state index contributed by atoms with van der Waals surface area (Å²) in [6, 6.07) is 4.84. The summed E-state index contributed by atoms with van der Waals surface area (Å²) in [5, 5.41) is 0. The Morgan fingerprint density at radius 3 is 2.22 bits per heavy atom. The summed E-state index contributed by atoms with van der Waals surface area (Å²) in [6.45, 7) is 17.4. The SMILES string of the molecule is CC(C)C[C@H](N[S@@](=O)C(C)(C)C)c1cccc(F)c1N1CCN(C(=O)OC(C)(C)C)CC1. The number of rotatable bonds is 6. The van der Waals surface area contributed by atoms with Gasteiger partial charge in [0.2, 0.25) is 0 Å². The molecule has 1 aliphatic heterocycles. The molecule has 1 heterocycles. The molecule has 1 fully saturated rings. The first-order valence-electron chi connectivity index (χ1n) is 11.4. The van der Waals surface area contributed by atoms with E-state index in [1.807, 2.05) is 52.5 Å². The molecule has 0 aromatic heterocycles. The average molecular weight is 470 g/mol. The molecule has 0 aliphatic carbocycles. The monoisotopic (exact) mass is 469 g/mol. The van der Waals surface area contributed by atoms with Crippen LogP contribution in [0.25, 0.3) is 0 Å². The number of carbonyl (C=O) groups is 1. The van der Waals surface area contributed by atoms with Crippen molar-refractivity contribution in [2.45, 2.75) is 78.2 Å². The molecule has 0 bridgehead atoms. The van der Waals surface area contributed by atoms with Crippen molar-refractivity contribution in [3.8, 4) is 0 Å². The zero-order valence-corrected chi connectivity index (χ0v) is 21.6. The summed E-state index contributed by atoms with van der Waals surface area (Å²) in [6.07, 6.45) is 0.390. The third kappa shape index (κ3) is 7.44. The average Bonchev–Trinajstić information content (AvgIpc) is 2.65. The van der Waals surface area contributed by atoms with Crippen LogP contribution in [0.1, 0.15) is 73.4 Å². The quantitative estimate of drug-likeness (QED) is 0.635. The van der Waals surface area contributed by atoms with Crippen LogP contribution in [0.5, 0.6) is 0 Å². The van der Waals surface area contributed by atoms with Gasteiger partial charge in [0.1, 0.15) is 11.4 Å². The van der Waals surface area contributed by atoms with Crippen molar-refractivity contribution >= 4 is 22.8 Å². The fourth-order valence-electron chi connectivity index (χ4n) is 3.60. The van der Waals surface area contributed by atoms with Crippen molar-refractivity contribution in [3.05, 3.63) is 29.6 Å². The van der Waals surface area contributed by atoms with E-state index >= 15 is 4.39 Å². The van der Waals surface area contributed by atoms with Crippen LogP contribution in [0.4, 0.5) is 14.9 Å². The first-order valence-corrected chi connectivity index (χ1v) is 12.5. The predicted octanol–water partition coefficient (Wildman–Crippen LogP) is 5.02. The number of amides is 1. The molecular formula is C24H40FN3O3S. The van der Waals surface area contributed by atoms with Crippen molar-refractivity contribution in [2.75, 3.05) is 31.1 Å². The maximum atomic E-state index is 15.1. The number of benzene rings is 1. The van der Waals surface area contributed by atoms with Gasteiger partial charge in [-0.25, -0.2) is 18.1 Å². The first kappa shape index (κ1) is 26.6. The van der Waals surface area contributed by atoms with Crippen LogP contribution < -0.4 is 9.62 Å². The lowest BCUT2D eigenvalue weighted by Crippen LogP contribution is -2.50. The maximum Gasteiger partial charge on any atom is 0.410 e. The van der Waals surface area contributed by atoms with Crippen molar-refractivity contribution < 1.29 is 18.1 Å². The van der Waals surface area contributed by atoms with Crippen LogP contribution in [0, 0.1) is 11.7 Å². The van der Waals surface area contributed by atoms with Gasteiger partial charge in [0.05, 0.1) is 21.4 Å².